The van der Waals surface area contributed by atoms with Crippen LogP contribution in [-0.4, -0.2) is 5.11 Å². The largest absolute Gasteiger partial charge is 0.384 e. The molecular weight excluding hydrogens is 142 g/mol. The zero-order valence-electron chi connectivity index (χ0n) is 5.82. The molecule has 1 heterocycles. The Kier molecular flexibility index (Phi) is 1.62. The van der Waals surface area contributed by atoms with Gasteiger partial charge in [0.15, 0.2) is 0 Å². The minimum Gasteiger partial charge on any atom is -0.384 e. The second kappa shape index (κ2) is 2.62. The molecular formula is C8H8NO2. The third kappa shape index (κ3) is 1.40. The van der Waals surface area contributed by atoms with Gasteiger partial charge in [0.2, 0.25) is 6.23 Å². The summed E-state index contributed by atoms with van der Waals surface area (Å²) in [6, 6.07) is 9.35. The molecule has 0 bridgehead atoms. The average Bonchev–Trinajstić information content (AvgIpc) is 2.87. The zero-order valence-corrected chi connectivity index (χ0v) is 5.82. The fourth-order valence-corrected chi connectivity index (χ4v) is 0.928. The van der Waals surface area contributed by atoms with Gasteiger partial charge in [-0.2, -0.15) is 5.48 Å². The molecule has 0 amide bonds. The summed E-state index contributed by atoms with van der Waals surface area (Å²) in [5.41, 5.74) is 3.34. The van der Waals surface area contributed by atoms with Crippen LogP contribution in [0.25, 0.3) is 0 Å². The average molecular weight is 150 g/mol. The molecule has 11 heavy (non-hydrogen) atoms. The van der Waals surface area contributed by atoms with Gasteiger partial charge in [-0.3, -0.25) is 4.84 Å². The Morgan fingerprint density at radius 2 is 1.91 bits per heavy atom. The van der Waals surface area contributed by atoms with Crippen molar-refractivity contribution in [3.05, 3.63) is 42.1 Å². The zero-order chi connectivity index (χ0) is 7.68. The molecule has 0 aromatic heterocycles. The lowest BCUT2D eigenvalue weighted by Gasteiger charge is -2.03. The molecule has 0 aliphatic carbocycles. The number of benzene rings is 1. The highest BCUT2D eigenvalue weighted by atomic mass is 16.8. The van der Waals surface area contributed by atoms with Gasteiger partial charge in [-0.25, -0.2) is 0 Å². The Balaban J connectivity index is 2.15. The fraction of sp³-hybridized carbons (Fsp3) is 0.125. The van der Waals surface area contributed by atoms with Gasteiger partial charge in [0, 0.05) is 0 Å². The van der Waals surface area contributed by atoms with E-state index in [1.807, 2.05) is 30.3 Å². The van der Waals surface area contributed by atoms with Crippen molar-refractivity contribution in [1.29, 1.82) is 0 Å². The predicted octanol–water partition coefficient (Wildman–Crippen LogP) is 0.744. The maximum atomic E-state index is 9.44. The molecule has 3 heteroatoms. The minimum absolute atomic E-state index is 0.524. The summed E-state index contributed by atoms with van der Waals surface area (Å²) in [7, 11) is 0. The molecule has 1 unspecified atom stereocenters. The van der Waals surface area contributed by atoms with E-state index < -0.39 is 6.10 Å². The molecule has 1 aliphatic rings. The van der Waals surface area contributed by atoms with Gasteiger partial charge in [-0.15, -0.1) is 0 Å². The van der Waals surface area contributed by atoms with E-state index in [1.165, 1.54) is 0 Å². The molecule has 1 fully saturated rings. The molecule has 1 aliphatic heterocycles. The van der Waals surface area contributed by atoms with Crippen molar-refractivity contribution in [2.45, 2.75) is 6.10 Å². The lowest BCUT2D eigenvalue weighted by atomic mass is 10.1. The Labute approximate surface area is 64.6 Å². The molecule has 1 aromatic rings. The van der Waals surface area contributed by atoms with Crippen LogP contribution in [0.4, 0.5) is 0 Å². The van der Waals surface area contributed by atoms with Crippen LogP contribution < -0.4 is 5.48 Å². The van der Waals surface area contributed by atoms with Crippen LogP contribution >= 0.6 is 0 Å². The van der Waals surface area contributed by atoms with Crippen molar-refractivity contribution >= 4 is 0 Å². The minimum atomic E-state index is -0.629. The smallest absolute Gasteiger partial charge is 0.241 e. The summed E-state index contributed by atoms with van der Waals surface area (Å²) in [5.74, 6) is 0. The molecule has 1 aromatic carbocycles. The fourth-order valence-electron chi connectivity index (χ4n) is 0.928. The van der Waals surface area contributed by atoms with Crippen LogP contribution in [0.1, 0.15) is 11.7 Å². The van der Waals surface area contributed by atoms with Crippen molar-refractivity contribution in [3.63, 3.8) is 0 Å². The molecule has 0 spiro atoms. The van der Waals surface area contributed by atoms with Crippen molar-refractivity contribution in [3.8, 4) is 0 Å². The maximum absolute atomic E-state index is 9.44. The summed E-state index contributed by atoms with van der Waals surface area (Å²) in [6.07, 6.45) is -0.104. The first-order valence-electron chi connectivity index (χ1n) is 3.40. The first-order chi connectivity index (χ1) is 5.38. The topological polar surface area (TPSA) is 54.7 Å². The van der Waals surface area contributed by atoms with E-state index >= 15 is 0 Å². The third-order valence-electron chi connectivity index (χ3n) is 1.58. The molecule has 0 saturated carbocycles. The van der Waals surface area contributed by atoms with E-state index in [4.69, 9.17) is 0 Å². The Morgan fingerprint density at radius 3 is 2.45 bits per heavy atom. The van der Waals surface area contributed by atoms with E-state index in [0.29, 0.717) is 6.23 Å². The molecule has 2 N–H and O–H groups in total. The Morgan fingerprint density at radius 1 is 1.27 bits per heavy atom. The molecule has 1 atom stereocenters. The SMILES string of the molecule is OC([C]1NO1)c1ccccc1. The lowest BCUT2D eigenvalue weighted by molar-refractivity contribution is 0.177. The maximum Gasteiger partial charge on any atom is 0.241 e. The van der Waals surface area contributed by atoms with Gasteiger partial charge >= 0.3 is 0 Å². The summed E-state index contributed by atoms with van der Waals surface area (Å²) in [5, 5.41) is 9.44. The molecule has 3 nitrogen and oxygen atoms in total. The third-order valence-corrected chi connectivity index (χ3v) is 1.58. The summed E-state index contributed by atoms with van der Waals surface area (Å²) >= 11 is 0. The highest BCUT2D eigenvalue weighted by Gasteiger charge is 2.34. The molecule has 1 saturated heterocycles. The van der Waals surface area contributed by atoms with Crippen LogP contribution in [0, 0.1) is 6.23 Å². The normalized spacial score (nSPS) is 19.7. The Hall–Kier alpha value is -0.900. The van der Waals surface area contributed by atoms with Gasteiger partial charge in [-0.05, 0) is 5.56 Å². The number of hydrogen-bond acceptors (Lipinski definition) is 3. The van der Waals surface area contributed by atoms with Crippen LogP contribution in [0.3, 0.4) is 0 Å². The summed E-state index contributed by atoms with van der Waals surface area (Å²) in [4.78, 5) is 4.64. The quantitative estimate of drug-likeness (QED) is 0.611. The van der Waals surface area contributed by atoms with Crippen molar-refractivity contribution in [2.75, 3.05) is 0 Å². The second-order valence-electron chi connectivity index (χ2n) is 2.38. The molecule has 57 valence electrons. The summed E-state index contributed by atoms with van der Waals surface area (Å²) in [6.45, 7) is 0. The van der Waals surface area contributed by atoms with E-state index in [0.717, 1.165) is 5.56 Å². The Bertz CT molecular complexity index is 233. The lowest BCUT2D eigenvalue weighted by Crippen LogP contribution is -2.00. The standard InChI is InChI=1S/C8H8NO2/c10-7(8-9-11-8)6-4-2-1-3-5-6/h1-5,7,9-10H. The van der Waals surface area contributed by atoms with E-state index in [9.17, 15) is 5.11 Å². The number of hydrogen-bond donors (Lipinski definition) is 2. The van der Waals surface area contributed by atoms with E-state index in [-0.39, 0.29) is 0 Å². The van der Waals surface area contributed by atoms with Crippen molar-refractivity contribution < 1.29 is 9.94 Å². The highest BCUT2D eigenvalue weighted by Crippen LogP contribution is 2.28. The van der Waals surface area contributed by atoms with Crippen LogP contribution in [-0.2, 0) is 4.84 Å². The number of hydroxylamine groups is 1. The van der Waals surface area contributed by atoms with Crippen molar-refractivity contribution in [2.24, 2.45) is 0 Å². The molecule has 2 rings (SSSR count). The summed E-state index contributed by atoms with van der Waals surface area (Å²) < 4.78 is 0. The predicted molar refractivity (Wildman–Crippen MR) is 38.9 cm³/mol. The van der Waals surface area contributed by atoms with Crippen LogP contribution in [0.2, 0.25) is 0 Å². The van der Waals surface area contributed by atoms with Gasteiger partial charge in [0.05, 0.1) is 0 Å². The first kappa shape index (κ1) is 6.79. The molecule has 1 radical (unpaired) electrons. The number of nitrogens with one attached hydrogen (secondary N) is 1. The van der Waals surface area contributed by atoms with Gasteiger partial charge in [-0.1, -0.05) is 30.3 Å². The number of rotatable bonds is 2. The van der Waals surface area contributed by atoms with Gasteiger partial charge < -0.3 is 5.11 Å². The monoisotopic (exact) mass is 150 g/mol. The first-order valence-corrected chi connectivity index (χ1v) is 3.40. The second-order valence-corrected chi connectivity index (χ2v) is 2.38. The van der Waals surface area contributed by atoms with Gasteiger partial charge in [0.1, 0.15) is 6.10 Å². The van der Waals surface area contributed by atoms with E-state index in [2.05, 4.69) is 10.3 Å². The van der Waals surface area contributed by atoms with Crippen molar-refractivity contribution in [1.82, 2.24) is 5.48 Å². The number of aliphatic hydroxyl groups excluding tert-OH is 1. The van der Waals surface area contributed by atoms with Crippen LogP contribution in [0.5, 0.6) is 0 Å². The highest BCUT2D eigenvalue weighted by molar-refractivity contribution is 5.21. The van der Waals surface area contributed by atoms with E-state index in [1.54, 1.807) is 0 Å². The van der Waals surface area contributed by atoms with Crippen LogP contribution in [0.15, 0.2) is 30.3 Å². The number of aliphatic hydroxyl groups is 1. The van der Waals surface area contributed by atoms with Gasteiger partial charge in [0.25, 0.3) is 0 Å².